The van der Waals surface area contributed by atoms with E-state index in [1.165, 1.54) is 0 Å². The van der Waals surface area contributed by atoms with Gasteiger partial charge < -0.3 is 4.52 Å². The summed E-state index contributed by atoms with van der Waals surface area (Å²) < 4.78 is 15.5. The summed E-state index contributed by atoms with van der Waals surface area (Å²) in [5, 5.41) is 0. The highest BCUT2D eigenvalue weighted by Gasteiger charge is 2.12. The summed E-state index contributed by atoms with van der Waals surface area (Å²) in [6.45, 7) is 0.338. The lowest BCUT2D eigenvalue weighted by atomic mass is 10.9. The minimum absolute atomic E-state index is 0.338. The Morgan fingerprint density at radius 1 is 1.62 bits per heavy atom. The lowest BCUT2D eigenvalue weighted by Crippen LogP contribution is -1.85. The van der Waals surface area contributed by atoms with Gasteiger partial charge in [-0.1, -0.05) is 22.6 Å². The molecule has 0 aliphatic carbocycles. The minimum atomic E-state index is -3.24. The molecule has 50 valence electrons. The van der Waals surface area contributed by atoms with Crippen molar-refractivity contribution in [2.24, 2.45) is 0 Å². The number of hydrogen-bond acceptors (Lipinski definition) is 2. The monoisotopic (exact) mass is 288 g/mol. The summed E-state index contributed by atoms with van der Waals surface area (Å²) in [4.78, 5) is 0. The van der Waals surface area contributed by atoms with E-state index in [1.807, 2.05) is 0 Å². The van der Waals surface area contributed by atoms with E-state index in [9.17, 15) is 4.57 Å². The predicted molar refractivity (Wildman–Crippen MR) is 44.2 cm³/mol. The van der Waals surface area contributed by atoms with E-state index in [2.05, 4.69) is 27.1 Å². The van der Waals surface area contributed by atoms with Crippen LogP contribution in [0.1, 0.15) is 0 Å². The maximum Gasteiger partial charge on any atom is 0.380 e. The normalized spacial score (nSPS) is 11.9. The van der Waals surface area contributed by atoms with Crippen LogP contribution in [-0.2, 0) is 9.09 Å². The highest BCUT2D eigenvalue weighted by molar-refractivity contribution is 14.1. The zero-order valence-electron chi connectivity index (χ0n) is 3.81. The molecule has 6 heteroatoms. The second kappa shape index (κ2) is 4.34. The molecule has 0 aromatic carbocycles. The Hall–Kier alpha value is 1.50. The first kappa shape index (κ1) is 9.50. The van der Waals surface area contributed by atoms with Crippen molar-refractivity contribution in [3.63, 3.8) is 0 Å². The van der Waals surface area contributed by atoms with Crippen molar-refractivity contribution >= 4 is 51.1 Å². The molecule has 0 fully saturated rings. The summed E-state index contributed by atoms with van der Waals surface area (Å²) in [7, 11) is 0. The van der Waals surface area contributed by atoms with Gasteiger partial charge in [0.2, 0.25) is 0 Å². The van der Waals surface area contributed by atoms with E-state index >= 15 is 0 Å². The van der Waals surface area contributed by atoms with Crippen LogP contribution in [0.25, 0.3) is 0 Å². The van der Waals surface area contributed by atoms with Crippen LogP contribution in [0, 0.1) is 0 Å². The fraction of sp³-hybridized carbons (Fsp3) is 1.00. The Labute approximate surface area is 71.0 Å². The zero-order chi connectivity index (χ0) is 6.62. The van der Waals surface area contributed by atoms with Crippen LogP contribution < -0.4 is 0 Å². The molecule has 0 heterocycles. The van der Waals surface area contributed by atoms with Gasteiger partial charge in [-0.3, -0.25) is 4.57 Å². The molecule has 0 unspecified atom stereocenters. The van der Waals surface area contributed by atoms with Crippen LogP contribution in [0.3, 0.4) is 0 Å². The van der Waals surface area contributed by atoms with Gasteiger partial charge in [0.15, 0.2) is 0 Å². The largest absolute Gasteiger partial charge is 0.380 e. The van der Waals surface area contributed by atoms with E-state index in [-0.39, 0.29) is 0 Å². The predicted octanol–water partition coefficient (Wildman–Crippen LogP) is 3.02. The summed E-state index contributed by atoms with van der Waals surface area (Å²) >= 11 is 12.1. The zero-order valence-corrected chi connectivity index (χ0v) is 8.38. The third kappa shape index (κ3) is 7.50. The molecule has 2 nitrogen and oxygen atoms in total. The molecule has 0 spiro atoms. The molecule has 0 amide bonds. The third-order valence-electron chi connectivity index (χ3n) is 0.319. The van der Waals surface area contributed by atoms with Crippen molar-refractivity contribution in [1.29, 1.82) is 0 Å². The fourth-order valence-corrected chi connectivity index (χ4v) is 1.43. The summed E-state index contributed by atoms with van der Waals surface area (Å²) in [5.74, 6) is 0. The van der Waals surface area contributed by atoms with Crippen LogP contribution in [-0.4, -0.2) is 11.0 Å². The Bertz CT molecular complexity index is 102. The van der Waals surface area contributed by atoms with Gasteiger partial charge in [0, 0.05) is 4.43 Å². The highest BCUT2D eigenvalue weighted by Crippen LogP contribution is 2.57. The highest BCUT2D eigenvalue weighted by atomic mass is 127. The van der Waals surface area contributed by atoms with Crippen LogP contribution in [0.5, 0.6) is 0 Å². The lowest BCUT2D eigenvalue weighted by Gasteiger charge is -1.98. The molecule has 0 atom stereocenters. The lowest BCUT2D eigenvalue weighted by molar-refractivity contribution is 0.361. The molecule has 8 heavy (non-hydrogen) atoms. The molecule has 0 aliphatic heterocycles. The van der Waals surface area contributed by atoms with E-state index in [0.29, 0.717) is 6.61 Å². The summed E-state index contributed by atoms with van der Waals surface area (Å²) in [6, 6.07) is 0. The van der Waals surface area contributed by atoms with Crippen LogP contribution in [0.2, 0.25) is 0 Å². The van der Waals surface area contributed by atoms with Crippen molar-refractivity contribution in [2.45, 2.75) is 0 Å². The molecule has 0 radical (unpaired) electrons. The van der Waals surface area contributed by atoms with E-state index in [4.69, 9.17) is 22.5 Å². The van der Waals surface area contributed by atoms with Crippen molar-refractivity contribution in [2.75, 3.05) is 11.0 Å². The Balaban J connectivity index is 3.26. The summed E-state index contributed by atoms with van der Waals surface area (Å²) in [5.41, 5.74) is 0. The smallest absolute Gasteiger partial charge is 0.305 e. The van der Waals surface area contributed by atoms with Gasteiger partial charge >= 0.3 is 6.07 Å². The van der Waals surface area contributed by atoms with Crippen LogP contribution in [0.4, 0.5) is 0 Å². The first-order valence-electron chi connectivity index (χ1n) is 1.76. The average Bonchev–Trinajstić information content (AvgIpc) is 1.59. The molecule has 0 saturated heterocycles. The second-order valence-corrected chi connectivity index (χ2v) is 6.29. The Morgan fingerprint density at radius 3 is 2.25 bits per heavy atom. The van der Waals surface area contributed by atoms with E-state index < -0.39 is 6.07 Å². The quantitative estimate of drug-likeness (QED) is 0.453. The molecular formula is C2H4Cl2IO2P. The summed E-state index contributed by atoms with van der Waals surface area (Å²) in [6.07, 6.45) is -3.24. The van der Waals surface area contributed by atoms with Crippen molar-refractivity contribution in [3.05, 3.63) is 0 Å². The number of halogens is 3. The molecule has 0 bridgehead atoms. The molecule has 0 rings (SSSR count). The van der Waals surface area contributed by atoms with Crippen molar-refractivity contribution in [3.8, 4) is 0 Å². The van der Waals surface area contributed by atoms with Gasteiger partial charge in [0.1, 0.15) is 0 Å². The van der Waals surface area contributed by atoms with Crippen LogP contribution >= 0.6 is 51.1 Å². The molecule has 0 saturated carbocycles. The minimum Gasteiger partial charge on any atom is -0.305 e. The van der Waals surface area contributed by atoms with Crippen LogP contribution in [0.15, 0.2) is 0 Å². The number of hydrogen-bond donors (Lipinski definition) is 0. The third-order valence-corrected chi connectivity index (χ3v) is 1.83. The Kier molecular flexibility index (Phi) is 5.15. The molecule has 0 aromatic rings. The molecular weight excluding hydrogens is 285 g/mol. The standard InChI is InChI=1S/C2H4Cl2IO2P/c3-8(4,6)7-2-1-5/h1-2H2. The van der Waals surface area contributed by atoms with Gasteiger partial charge in [-0.25, -0.2) is 0 Å². The first-order valence-corrected chi connectivity index (χ1v) is 6.72. The topological polar surface area (TPSA) is 26.3 Å². The van der Waals surface area contributed by atoms with E-state index in [0.717, 1.165) is 4.43 Å². The maximum atomic E-state index is 10.3. The average molecular weight is 289 g/mol. The first-order chi connectivity index (χ1) is 3.56. The molecule has 0 N–H and O–H groups in total. The van der Waals surface area contributed by atoms with Gasteiger partial charge in [0.25, 0.3) is 0 Å². The molecule has 0 aliphatic rings. The molecule has 0 aromatic heterocycles. The van der Waals surface area contributed by atoms with Gasteiger partial charge in [-0.15, -0.1) is 0 Å². The second-order valence-electron chi connectivity index (χ2n) is 0.937. The van der Waals surface area contributed by atoms with E-state index in [1.54, 1.807) is 0 Å². The van der Waals surface area contributed by atoms with Crippen molar-refractivity contribution < 1.29 is 9.09 Å². The SMILES string of the molecule is O=P(Cl)(Cl)OCCI. The van der Waals surface area contributed by atoms with Gasteiger partial charge in [-0.2, -0.15) is 0 Å². The maximum absolute atomic E-state index is 10.3. The number of alkyl halides is 1. The van der Waals surface area contributed by atoms with Crippen molar-refractivity contribution in [1.82, 2.24) is 0 Å². The van der Waals surface area contributed by atoms with Gasteiger partial charge in [0.05, 0.1) is 6.61 Å². The van der Waals surface area contributed by atoms with Gasteiger partial charge in [-0.05, 0) is 22.5 Å². The number of rotatable bonds is 3. The Morgan fingerprint density at radius 2 is 2.12 bits per heavy atom. The fourth-order valence-electron chi connectivity index (χ4n) is 0.141.